The lowest BCUT2D eigenvalue weighted by Crippen LogP contribution is -2.28. The molecule has 0 N–H and O–H groups in total. The summed E-state index contributed by atoms with van der Waals surface area (Å²) in [5.41, 5.74) is 2.21. The smallest absolute Gasteiger partial charge is 0.310 e. The second kappa shape index (κ2) is 7.74. The molecule has 1 aromatic carbocycles. The van der Waals surface area contributed by atoms with Crippen LogP contribution in [0, 0.1) is 5.92 Å². The molecule has 0 saturated carbocycles. The third-order valence-corrected chi connectivity index (χ3v) is 4.17. The lowest BCUT2D eigenvalue weighted by Gasteiger charge is -2.28. The Balaban J connectivity index is 2.32. The molecule has 22 heavy (non-hydrogen) atoms. The zero-order chi connectivity index (χ0) is 15.9. The van der Waals surface area contributed by atoms with Crippen LogP contribution in [0.5, 0.6) is 0 Å². The van der Waals surface area contributed by atoms with Crippen molar-refractivity contribution in [3.63, 3.8) is 0 Å². The molecule has 0 saturated heterocycles. The quantitative estimate of drug-likeness (QED) is 0.751. The summed E-state index contributed by atoms with van der Waals surface area (Å²) in [4.78, 5) is 16.7. The summed E-state index contributed by atoms with van der Waals surface area (Å²) in [6, 6.07) is 14.0. The van der Waals surface area contributed by atoms with Crippen molar-refractivity contribution in [3.8, 4) is 0 Å². The van der Waals surface area contributed by atoms with E-state index < -0.39 is 0 Å². The maximum atomic E-state index is 12.5. The number of pyridine rings is 1. The van der Waals surface area contributed by atoms with E-state index in [1.165, 1.54) is 0 Å². The molecule has 1 heterocycles. The molecule has 0 radical (unpaired) electrons. The zero-order valence-electron chi connectivity index (χ0n) is 13.4. The normalized spacial score (nSPS) is 14.9. The number of esters is 1. The molecule has 3 heteroatoms. The van der Waals surface area contributed by atoms with E-state index in [1.807, 2.05) is 43.5 Å². The number of hydrogen-bond donors (Lipinski definition) is 0. The van der Waals surface area contributed by atoms with E-state index in [2.05, 4.69) is 31.0 Å². The van der Waals surface area contributed by atoms with Crippen molar-refractivity contribution in [2.75, 3.05) is 6.61 Å². The molecule has 3 unspecified atom stereocenters. The minimum Gasteiger partial charge on any atom is -0.466 e. The minimum atomic E-state index is -0.230. The number of nitrogens with zero attached hydrogens (tertiary/aromatic N) is 1. The predicted molar refractivity (Wildman–Crippen MR) is 87.6 cm³/mol. The van der Waals surface area contributed by atoms with Gasteiger partial charge in [-0.05, 0) is 36.0 Å². The number of hydrogen-bond acceptors (Lipinski definition) is 3. The number of ether oxygens (including phenoxy) is 1. The topological polar surface area (TPSA) is 39.2 Å². The average Bonchev–Trinajstić information content (AvgIpc) is 2.56. The molecule has 0 aliphatic rings. The van der Waals surface area contributed by atoms with E-state index in [0.717, 1.165) is 11.1 Å². The summed E-state index contributed by atoms with van der Waals surface area (Å²) in [6.45, 7) is 6.40. The Hall–Kier alpha value is -2.16. The molecule has 2 aromatic rings. The number of benzene rings is 1. The third kappa shape index (κ3) is 3.73. The number of carbonyl (C=O) groups excluding carboxylic acids is 1. The Kier molecular flexibility index (Phi) is 5.70. The van der Waals surface area contributed by atoms with Crippen molar-refractivity contribution in [1.82, 2.24) is 4.98 Å². The second-order valence-corrected chi connectivity index (χ2v) is 5.55. The van der Waals surface area contributed by atoms with Gasteiger partial charge in [-0.2, -0.15) is 0 Å². The molecule has 0 fully saturated rings. The van der Waals surface area contributed by atoms with Crippen molar-refractivity contribution in [3.05, 3.63) is 66.0 Å². The summed E-state index contributed by atoms with van der Waals surface area (Å²) < 4.78 is 5.33. The molecule has 0 bridgehead atoms. The lowest BCUT2D eigenvalue weighted by molar-refractivity contribution is -0.149. The van der Waals surface area contributed by atoms with E-state index in [4.69, 9.17) is 4.74 Å². The summed E-state index contributed by atoms with van der Waals surface area (Å²) in [6.07, 6.45) is 3.57. The zero-order valence-corrected chi connectivity index (χ0v) is 13.4. The van der Waals surface area contributed by atoms with Crippen molar-refractivity contribution in [1.29, 1.82) is 0 Å². The first-order chi connectivity index (χ1) is 10.6. The highest BCUT2D eigenvalue weighted by molar-refractivity contribution is 5.75. The molecule has 116 valence electrons. The molecule has 1 aromatic heterocycles. The van der Waals surface area contributed by atoms with Gasteiger partial charge < -0.3 is 4.74 Å². The third-order valence-electron chi connectivity index (χ3n) is 4.17. The Bertz CT molecular complexity index is 537. The fraction of sp³-hybridized carbons (Fsp3) is 0.368. The summed E-state index contributed by atoms with van der Waals surface area (Å²) in [7, 11) is 0. The van der Waals surface area contributed by atoms with E-state index in [9.17, 15) is 4.79 Å². The minimum absolute atomic E-state index is 0.0444. The van der Waals surface area contributed by atoms with E-state index in [0.29, 0.717) is 6.61 Å². The molecule has 0 aliphatic carbocycles. The molecule has 0 spiro atoms. The highest BCUT2D eigenvalue weighted by atomic mass is 16.5. The van der Waals surface area contributed by atoms with Gasteiger partial charge in [-0.3, -0.25) is 9.78 Å². The van der Waals surface area contributed by atoms with E-state index in [1.54, 1.807) is 6.20 Å². The molecular weight excluding hydrogens is 274 g/mol. The largest absolute Gasteiger partial charge is 0.466 e. The van der Waals surface area contributed by atoms with Crippen LogP contribution in [-0.2, 0) is 9.53 Å². The van der Waals surface area contributed by atoms with Crippen molar-refractivity contribution in [2.45, 2.75) is 32.6 Å². The van der Waals surface area contributed by atoms with Crippen LogP contribution in [-0.4, -0.2) is 17.6 Å². The van der Waals surface area contributed by atoms with Crippen molar-refractivity contribution in [2.24, 2.45) is 5.92 Å². The van der Waals surface area contributed by atoms with Gasteiger partial charge in [0.25, 0.3) is 0 Å². The average molecular weight is 297 g/mol. The molecule has 0 amide bonds. The van der Waals surface area contributed by atoms with Crippen molar-refractivity contribution < 1.29 is 9.53 Å². The first-order valence-corrected chi connectivity index (χ1v) is 7.76. The second-order valence-electron chi connectivity index (χ2n) is 5.55. The van der Waals surface area contributed by atoms with Gasteiger partial charge >= 0.3 is 5.97 Å². The van der Waals surface area contributed by atoms with Gasteiger partial charge in [0.2, 0.25) is 0 Å². The molecule has 0 aliphatic heterocycles. The van der Waals surface area contributed by atoms with Gasteiger partial charge in [0, 0.05) is 12.4 Å². The maximum absolute atomic E-state index is 12.5. The molecule has 3 atom stereocenters. The van der Waals surface area contributed by atoms with Crippen LogP contribution in [0.25, 0.3) is 0 Å². The fourth-order valence-electron chi connectivity index (χ4n) is 2.90. The van der Waals surface area contributed by atoms with E-state index in [-0.39, 0.29) is 23.7 Å². The van der Waals surface area contributed by atoms with Gasteiger partial charge in [-0.25, -0.2) is 0 Å². The Labute approximate surface area is 132 Å². The Morgan fingerprint density at radius 3 is 2.27 bits per heavy atom. The Morgan fingerprint density at radius 2 is 1.68 bits per heavy atom. The lowest BCUT2D eigenvalue weighted by atomic mass is 9.77. The van der Waals surface area contributed by atoms with E-state index >= 15 is 0 Å². The highest BCUT2D eigenvalue weighted by Gasteiger charge is 2.33. The van der Waals surface area contributed by atoms with Crippen molar-refractivity contribution >= 4 is 5.97 Å². The molecular formula is C19H23NO2. The number of rotatable bonds is 6. The number of carbonyl (C=O) groups is 1. The maximum Gasteiger partial charge on any atom is 0.310 e. The molecule has 2 rings (SSSR count). The number of aromatic nitrogens is 1. The van der Waals surface area contributed by atoms with Crippen LogP contribution in [0.2, 0.25) is 0 Å². The van der Waals surface area contributed by atoms with Crippen LogP contribution < -0.4 is 0 Å². The predicted octanol–water partition coefficient (Wildman–Crippen LogP) is 4.17. The summed E-state index contributed by atoms with van der Waals surface area (Å²) >= 11 is 0. The van der Waals surface area contributed by atoms with Crippen LogP contribution >= 0.6 is 0 Å². The van der Waals surface area contributed by atoms with Gasteiger partial charge in [-0.1, -0.05) is 50.2 Å². The SMILES string of the molecule is CCOC(=O)C(C(C)c1ccccc1)C(C)c1cccnc1. The van der Waals surface area contributed by atoms with Gasteiger partial charge in [0.1, 0.15) is 0 Å². The highest BCUT2D eigenvalue weighted by Crippen LogP contribution is 2.36. The monoisotopic (exact) mass is 297 g/mol. The van der Waals surface area contributed by atoms with Crippen LogP contribution in [0.4, 0.5) is 0 Å². The van der Waals surface area contributed by atoms with Gasteiger partial charge in [0.05, 0.1) is 12.5 Å². The Morgan fingerprint density at radius 1 is 1.05 bits per heavy atom. The summed E-state index contributed by atoms with van der Waals surface area (Å²) in [5.74, 6) is -0.250. The van der Waals surface area contributed by atoms with Crippen LogP contribution in [0.3, 0.4) is 0 Å². The first kappa shape index (κ1) is 16.2. The summed E-state index contributed by atoms with van der Waals surface area (Å²) in [5, 5.41) is 0. The standard InChI is InChI=1S/C19H23NO2/c1-4-22-19(21)18(14(2)16-9-6-5-7-10-16)15(3)17-11-8-12-20-13-17/h5-15,18H,4H2,1-3H3. The first-order valence-electron chi connectivity index (χ1n) is 7.76. The van der Waals surface area contributed by atoms with Crippen LogP contribution in [0.1, 0.15) is 43.7 Å². The molecule has 3 nitrogen and oxygen atoms in total. The van der Waals surface area contributed by atoms with Gasteiger partial charge in [-0.15, -0.1) is 0 Å². The van der Waals surface area contributed by atoms with Crippen LogP contribution in [0.15, 0.2) is 54.9 Å². The fourth-order valence-corrected chi connectivity index (χ4v) is 2.90. The van der Waals surface area contributed by atoms with Gasteiger partial charge in [0.15, 0.2) is 0 Å².